The SMILES string of the molecule is Cc1cc(C)cc(NC(=O)c2ccc(CNC3=C(Cl)C(=O)N(Cc4ccccc4)C3=O)cc2)c1. The zero-order valence-corrected chi connectivity index (χ0v) is 19.6. The van der Waals surface area contributed by atoms with Crippen LogP contribution in [0.3, 0.4) is 0 Å². The number of hydrogen-bond donors (Lipinski definition) is 2. The van der Waals surface area contributed by atoms with Gasteiger partial charge in [0.25, 0.3) is 17.7 Å². The van der Waals surface area contributed by atoms with E-state index < -0.39 is 11.8 Å². The van der Waals surface area contributed by atoms with Gasteiger partial charge in [-0.3, -0.25) is 19.3 Å². The van der Waals surface area contributed by atoms with E-state index in [0.29, 0.717) is 5.56 Å². The number of carbonyl (C=O) groups is 3. The zero-order chi connectivity index (χ0) is 24.2. The predicted molar refractivity (Wildman–Crippen MR) is 132 cm³/mol. The maximum atomic E-state index is 12.8. The largest absolute Gasteiger partial charge is 0.375 e. The first-order valence-electron chi connectivity index (χ1n) is 10.8. The molecule has 0 saturated heterocycles. The standard InChI is InChI=1S/C27H24ClN3O3/c1-17-12-18(2)14-22(13-17)30-25(32)21-10-8-19(9-11-21)15-29-24-23(28)26(33)31(27(24)34)16-20-6-4-3-5-7-20/h3-14,29H,15-16H2,1-2H3,(H,30,32). The molecule has 1 aliphatic heterocycles. The molecule has 3 amide bonds. The predicted octanol–water partition coefficient (Wildman–Crippen LogP) is 4.66. The summed E-state index contributed by atoms with van der Waals surface area (Å²) in [7, 11) is 0. The molecule has 0 fully saturated rings. The third-order valence-electron chi connectivity index (χ3n) is 5.46. The van der Waals surface area contributed by atoms with Crippen LogP contribution in [0, 0.1) is 13.8 Å². The first kappa shape index (κ1) is 23.3. The molecule has 34 heavy (non-hydrogen) atoms. The Bertz CT molecular complexity index is 1260. The van der Waals surface area contributed by atoms with E-state index in [1.165, 1.54) is 0 Å². The highest BCUT2D eigenvalue weighted by Crippen LogP contribution is 2.24. The molecular formula is C27H24ClN3O3. The molecule has 1 heterocycles. The molecule has 4 rings (SSSR count). The van der Waals surface area contributed by atoms with Crippen LogP contribution in [0.5, 0.6) is 0 Å². The van der Waals surface area contributed by atoms with Crippen molar-refractivity contribution in [1.29, 1.82) is 0 Å². The third-order valence-corrected chi connectivity index (χ3v) is 5.81. The Kier molecular flexibility index (Phi) is 6.80. The molecule has 0 saturated carbocycles. The van der Waals surface area contributed by atoms with Gasteiger partial charge in [-0.2, -0.15) is 0 Å². The Morgan fingerprint density at radius 3 is 2.15 bits per heavy atom. The van der Waals surface area contributed by atoms with E-state index in [-0.39, 0.29) is 29.7 Å². The van der Waals surface area contributed by atoms with Crippen LogP contribution in [0.25, 0.3) is 0 Å². The summed E-state index contributed by atoms with van der Waals surface area (Å²) in [5, 5.41) is 5.77. The monoisotopic (exact) mass is 473 g/mol. The molecule has 2 N–H and O–H groups in total. The Hall–Kier alpha value is -3.90. The van der Waals surface area contributed by atoms with Crippen molar-refractivity contribution in [3.05, 3.63) is 111 Å². The number of rotatable bonds is 7. The summed E-state index contributed by atoms with van der Waals surface area (Å²) < 4.78 is 0. The van der Waals surface area contributed by atoms with Crippen molar-refractivity contribution in [2.24, 2.45) is 0 Å². The molecule has 7 heteroatoms. The molecule has 0 aromatic heterocycles. The average Bonchev–Trinajstić information content (AvgIpc) is 3.01. The number of anilines is 1. The summed E-state index contributed by atoms with van der Waals surface area (Å²) in [6, 6.07) is 22.2. The molecule has 0 unspecified atom stereocenters. The number of hydrogen-bond acceptors (Lipinski definition) is 4. The Balaban J connectivity index is 1.37. The molecule has 0 atom stereocenters. The van der Waals surface area contributed by atoms with Gasteiger partial charge < -0.3 is 10.6 Å². The van der Waals surface area contributed by atoms with Gasteiger partial charge in [-0.1, -0.05) is 60.1 Å². The topological polar surface area (TPSA) is 78.5 Å². The van der Waals surface area contributed by atoms with Crippen LogP contribution in [0.2, 0.25) is 0 Å². The van der Waals surface area contributed by atoms with E-state index in [1.807, 2.05) is 62.4 Å². The molecule has 6 nitrogen and oxygen atoms in total. The fraction of sp³-hybridized carbons (Fsp3) is 0.148. The second kappa shape index (κ2) is 9.93. The lowest BCUT2D eigenvalue weighted by atomic mass is 10.1. The summed E-state index contributed by atoms with van der Waals surface area (Å²) >= 11 is 6.17. The molecule has 0 radical (unpaired) electrons. The van der Waals surface area contributed by atoms with Gasteiger partial charge >= 0.3 is 0 Å². The normalized spacial score (nSPS) is 13.4. The molecule has 0 bridgehead atoms. The van der Waals surface area contributed by atoms with E-state index in [4.69, 9.17) is 11.6 Å². The molecule has 0 spiro atoms. The van der Waals surface area contributed by atoms with E-state index in [9.17, 15) is 14.4 Å². The van der Waals surface area contributed by atoms with Gasteiger partial charge in [0, 0.05) is 17.8 Å². The van der Waals surface area contributed by atoms with Crippen LogP contribution >= 0.6 is 11.6 Å². The number of carbonyl (C=O) groups excluding carboxylic acids is 3. The zero-order valence-electron chi connectivity index (χ0n) is 18.9. The molecule has 0 aliphatic carbocycles. The minimum absolute atomic E-state index is 0.0826. The minimum atomic E-state index is -0.517. The summed E-state index contributed by atoms with van der Waals surface area (Å²) in [4.78, 5) is 39.0. The lowest BCUT2D eigenvalue weighted by Crippen LogP contribution is -2.33. The van der Waals surface area contributed by atoms with Crippen molar-refractivity contribution in [3.8, 4) is 0 Å². The number of amides is 3. The van der Waals surface area contributed by atoms with Crippen LogP contribution in [0.1, 0.15) is 32.6 Å². The summed E-state index contributed by atoms with van der Waals surface area (Å²) in [6.45, 7) is 4.40. The summed E-state index contributed by atoms with van der Waals surface area (Å²) in [5.41, 5.74) is 5.17. The van der Waals surface area contributed by atoms with Gasteiger partial charge in [0.15, 0.2) is 0 Å². The van der Waals surface area contributed by atoms with Gasteiger partial charge in [0.2, 0.25) is 0 Å². The quantitative estimate of drug-likeness (QED) is 0.489. The fourth-order valence-corrected chi connectivity index (χ4v) is 4.07. The second-order valence-electron chi connectivity index (χ2n) is 8.25. The molecular weight excluding hydrogens is 450 g/mol. The van der Waals surface area contributed by atoms with Gasteiger partial charge in [-0.05, 0) is 60.4 Å². The van der Waals surface area contributed by atoms with Crippen molar-refractivity contribution in [2.75, 3.05) is 5.32 Å². The van der Waals surface area contributed by atoms with Crippen molar-refractivity contribution in [3.63, 3.8) is 0 Å². The van der Waals surface area contributed by atoms with Gasteiger partial charge in [0.05, 0.1) is 6.54 Å². The van der Waals surface area contributed by atoms with Crippen LogP contribution in [0.4, 0.5) is 5.69 Å². The number of benzene rings is 3. The summed E-state index contributed by atoms with van der Waals surface area (Å²) in [6.07, 6.45) is 0. The highest BCUT2D eigenvalue weighted by Gasteiger charge is 2.37. The first-order chi connectivity index (χ1) is 16.3. The summed E-state index contributed by atoms with van der Waals surface area (Å²) in [5.74, 6) is -1.18. The smallest absolute Gasteiger partial charge is 0.278 e. The van der Waals surface area contributed by atoms with Gasteiger partial charge in [-0.15, -0.1) is 0 Å². The maximum Gasteiger partial charge on any atom is 0.278 e. The van der Waals surface area contributed by atoms with Crippen molar-refractivity contribution >= 4 is 35.0 Å². The van der Waals surface area contributed by atoms with Crippen molar-refractivity contribution in [1.82, 2.24) is 10.2 Å². The molecule has 3 aromatic carbocycles. The lowest BCUT2D eigenvalue weighted by molar-refractivity contribution is -0.138. The van der Waals surface area contributed by atoms with Crippen LogP contribution in [-0.2, 0) is 22.7 Å². The van der Waals surface area contributed by atoms with Crippen LogP contribution in [0.15, 0.2) is 83.5 Å². The Morgan fingerprint density at radius 1 is 0.853 bits per heavy atom. The second-order valence-corrected chi connectivity index (χ2v) is 8.63. The number of halogens is 1. The molecule has 1 aliphatic rings. The highest BCUT2D eigenvalue weighted by molar-refractivity contribution is 6.47. The minimum Gasteiger partial charge on any atom is -0.375 e. The Labute approximate surface area is 203 Å². The number of nitrogens with one attached hydrogen (secondary N) is 2. The van der Waals surface area contributed by atoms with Gasteiger partial charge in [-0.25, -0.2) is 0 Å². The highest BCUT2D eigenvalue weighted by atomic mass is 35.5. The molecule has 3 aromatic rings. The number of nitrogens with zero attached hydrogens (tertiary/aromatic N) is 1. The van der Waals surface area contributed by atoms with Crippen LogP contribution < -0.4 is 10.6 Å². The van der Waals surface area contributed by atoms with E-state index in [1.54, 1.807) is 24.3 Å². The van der Waals surface area contributed by atoms with E-state index in [2.05, 4.69) is 10.6 Å². The third kappa shape index (κ3) is 5.18. The van der Waals surface area contributed by atoms with Crippen LogP contribution in [-0.4, -0.2) is 22.6 Å². The lowest BCUT2D eigenvalue weighted by Gasteiger charge is -2.15. The average molecular weight is 474 g/mol. The van der Waals surface area contributed by atoms with E-state index >= 15 is 0 Å². The van der Waals surface area contributed by atoms with Crippen molar-refractivity contribution < 1.29 is 14.4 Å². The van der Waals surface area contributed by atoms with Crippen molar-refractivity contribution in [2.45, 2.75) is 26.9 Å². The first-order valence-corrected chi connectivity index (χ1v) is 11.2. The fourth-order valence-electron chi connectivity index (χ4n) is 3.82. The van der Waals surface area contributed by atoms with Gasteiger partial charge in [0.1, 0.15) is 10.7 Å². The molecule has 172 valence electrons. The Morgan fingerprint density at radius 2 is 1.50 bits per heavy atom. The van der Waals surface area contributed by atoms with E-state index in [0.717, 1.165) is 32.8 Å². The number of imide groups is 1. The maximum absolute atomic E-state index is 12.8. The number of aryl methyl sites for hydroxylation is 2.